The molecule has 2 amide bonds. The van der Waals surface area contributed by atoms with Gasteiger partial charge < -0.3 is 15.0 Å². The molecule has 1 saturated carbocycles. The minimum absolute atomic E-state index is 0.0638. The first kappa shape index (κ1) is 19.8. The van der Waals surface area contributed by atoms with Gasteiger partial charge in [-0.1, -0.05) is 12.1 Å². The summed E-state index contributed by atoms with van der Waals surface area (Å²) in [6.07, 6.45) is 1.57. The van der Waals surface area contributed by atoms with Crippen molar-refractivity contribution in [1.82, 2.24) is 4.90 Å². The summed E-state index contributed by atoms with van der Waals surface area (Å²) in [7, 11) is 0. The molecular weight excluding hydrogens is 388 g/mol. The third-order valence-corrected chi connectivity index (χ3v) is 5.77. The molecule has 2 atom stereocenters. The van der Waals surface area contributed by atoms with Gasteiger partial charge >= 0.3 is 5.97 Å². The van der Waals surface area contributed by atoms with Gasteiger partial charge in [-0.05, 0) is 31.9 Å². The Morgan fingerprint density at radius 2 is 2.03 bits per heavy atom. The number of anilines is 1. The number of para-hydroxylation sites is 1. The molecule has 154 valence electrons. The minimum Gasteiger partial charge on any atom is -0.454 e. The Morgan fingerprint density at radius 1 is 1.33 bits per heavy atom. The number of esters is 1. The third kappa shape index (κ3) is 2.79. The van der Waals surface area contributed by atoms with Crippen LogP contribution in [-0.4, -0.2) is 52.5 Å². The lowest BCUT2D eigenvalue weighted by Crippen LogP contribution is -2.69. The predicted octanol–water partition coefficient (Wildman–Crippen LogP) is 1.42. The average molecular weight is 408 g/mol. The second-order valence-electron chi connectivity index (χ2n) is 7.76. The van der Waals surface area contributed by atoms with Crippen molar-refractivity contribution in [2.75, 3.05) is 11.5 Å². The summed E-state index contributed by atoms with van der Waals surface area (Å²) in [4.78, 5) is 54.4. The molecule has 2 fully saturated rings. The summed E-state index contributed by atoms with van der Waals surface area (Å²) in [6, 6.07) is 8.18. The summed E-state index contributed by atoms with van der Waals surface area (Å²) in [6.45, 7) is 0.626. The molecule has 30 heavy (non-hydrogen) atoms. The number of ketones is 1. The maximum atomic E-state index is 13.3. The van der Waals surface area contributed by atoms with Crippen LogP contribution < -0.4 is 4.90 Å². The molecule has 1 aromatic rings. The van der Waals surface area contributed by atoms with Crippen LogP contribution in [0.25, 0.3) is 0 Å². The molecule has 9 nitrogen and oxygen atoms in total. The van der Waals surface area contributed by atoms with Crippen molar-refractivity contribution in [3.05, 3.63) is 29.8 Å². The van der Waals surface area contributed by atoms with Gasteiger partial charge in [0.2, 0.25) is 11.6 Å². The van der Waals surface area contributed by atoms with Gasteiger partial charge in [-0.2, -0.15) is 5.26 Å². The summed E-state index contributed by atoms with van der Waals surface area (Å²) >= 11 is 0. The molecule has 0 spiro atoms. The van der Waals surface area contributed by atoms with Crippen molar-refractivity contribution < 1.29 is 23.9 Å². The van der Waals surface area contributed by atoms with Crippen molar-refractivity contribution in [3.8, 4) is 6.07 Å². The maximum Gasteiger partial charge on any atom is 0.354 e. The van der Waals surface area contributed by atoms with Gasteiger partial charge in [-0.15, -0.1) is 0 Å². The van der Waals surface area contributed by atoms with E-state index in [-0.39, 0.29) is 36.4 Å². The minimum atomic E-state index is -1.63. The first-order chi connectivity index (χ1) is 14.3. The van der Waals surface area contributed by atoms with E-state index in [1.165, 1.54) is 16.7 Å². The molecule has 1 N–H and O–H groups in total. The average Bonchev–Trinajstić information content (AvgIpc) is 3.49. The molecule has 1 aliphatic carbocycles. The normalized spacial score (nSPS) is 23.3. The summed E-state index contributed by atoms with van der Waals surface area (Å²) in [5, 5.41) is 16.6. The smallest absolute Gasteiger partial charge is 0.354 e. The van der Waals surface area contributed by atoms with E-state index in [0.717, 1.165) is 0 Å². The number of carbonyl (C=O) groups is 4. The first-order valence-electron chi connectivity index (χ1n) is 9.73. The first-order valence-corrected chi connectivity index (χ1v) is 9.73. The Balaban J connectivity index is 1.71. The summed E-state index contributed by atoms with van der Waals surface area (Å²) < 4.78 is 5.28. The van der Waals surface area contributed by atoms with Gasteiger partial charge in [0.05, 0.1) is 17.3 Å². The predicted molar refractivity (Wildman–Crippen MR) is 104 cm³/mol. The monoisotopic (exact) mass is 408 g/mol. The van der Waals surface area contributed by atoms with Gasteiger partial charge in [0, 0.05) is 24.6 Å². The molecule has 0 aromatic heterocycles. The van der Waals surface area contributed by atoms with Crippen molar-refractivity contribution in [2.45, 2.75) is 44.3 Å². The van der Waals surface area contributed by atoms with Crippen LogP contribution >= 0.6 is 0 Å². The largest absolute Gasteiger partial charge is 0.454 e. The number of Topliss-reactive ketones (excluding diaryl/α,β-unsaturated/α-hetero) is 1. The molecule has 0 bridgehead atoms. The number of carbonyl (C=O) groups excluding carboxylic acids is 4. The van der Waals surface area contributed by atoms with Crippen molar-refractivity contribution in [2.24, 2.45) is 5.92 Å². The van der Waals surface area contributed by atoms with Crippen LogP contribution in [0.15, 0.2) is 24.3 Å². The maximum absolute atomic E-state index is 13.3. The van der Waals surface area contributed by atoms with Gasteiger partial charge in [0.1, 0.15) is 5.92 Å². The number of hydrogen-bond acceptors (Lipinski definition) is 7. The number of fused-ring (bicyclic) bond motifs is 3. The highest BCUT2D eigenvalue weighted by Crippen LogP contribution is 2.49. The number of ether oxygens (including phenoxy) is 1. The van der Waals surface area contributed by atoms with Crippen LogP contribution in [0.2, 0.25) is 0 Å². The van der Waals surface area contributed by atoms with E-state index in [0.29, 0.717) is 24.1 Å². The standard InChI is InChI=1S/C21H20N4O5/c1-12(23)15(10-22)17(26)11-30-20(29)21-9-8-18(27)25(21)16-5-3-2-4-14(16)19(28)24(21)13-6-7-13/h2-5,13,15,23H,6-9,11H2,1H3/t15?,21-/m1/s1. The molecular formula is C21H20N4O5. The van der Waals surface area contributed by atoms with Gasteiger partial charge in [-0.3, -0.25) is 19.3 Å². The fraction of sp³-hybridized carbons (Fsp3) is 0.429. The highest BCUT2D eigenvalue weighted by molar-refractivity contribution is 6.16. The van der Waals surface area contributed by atoms with E-state index >= 15 is 0 Å². The Hall–Kier alpha value is -3.54. The highest BCUT2D eigenvalue weighted by atomic mass is 16.5. The molecule has 1 saturated heterocycles. The number of hydrogen-bond donors (Lipinski definition) is 1. The van der Waals surface area contributed by atoms with E-state index < -0.39 is 29.9 Å². The highest BCUT2D eigenvalue weighted by Gasteiger charge is 2.64. The molecule has 3 aliphatic rings. The Kier molecular flexibility index (Phi) is 4.65. The van der Waals surface area contributed by atoms with Crippen LogP contribution in [0.4, 0.5) is 5.69 Å². The quantitative estimate of drug-likeness (QED) is 0.559. The number of nitriles is 1. The second kappa shape index (κ2) is 7.06. The van der Waals surface area contributed by atoms with Crippen LogP contribution in [-0.2, 0) is 19.1 Å². The van der Waals surface area contributed by atoms with Crippen molar-refractivity contribution in [1.29, 1.82) is 10.7 Å². The van der Waals surface area contributed by atoms with E-state index in [1.807, 2.05) is 0 Å². The van der Waals surface area contributed by atoms with Gasteiger partial charge in [-0.25, -0.2) is 4.79 Å². The number of nitrogens with zero attached hydrogens (tertiary/aromatic N) is 3. The van der Waals surface area contributed by atoms with Crippen molar-refractivity contribution >= 4 is 35.0 Å². The number of amides is 2. The van der Waals surface area contributed by atoms with Gasteiger partial charge in [0.15, 0.2) is 12.4 Å². The lowest BCUT2D eigenvalue weighted by atomic mass is 9.96. The number of rotatable bonds is 6. The van der Waals surface area contributed by atoms with E-state index in [9.17, 15) is 19.2 Å². The van der Waals surface area contributed by atoms with E-state index in [1.54, 1.807) is 30.3 Å². The van der Waals surface area contributed by atoms with Gasteiger partial charge in [0.25, 0.3) is 5.91 Å². The Morgan fingerprint density at radius 3 is 2.67 bits per heavy atom. The zero-order chi connectivity index (χ0) is 21.6. The lowest BCUT2D eigenvalue weighted by molar-refractivity contribution is -0.160. The van der Waals surface area contributed by atoms with Crippen LogP contribution in [0.3, 0.4) is 0 Å². The fourth-order valence-corrected chi connectivity index (χ4v) is 4.26. The van der Waals surface area contributed by atoms with Crippen LogP contribution in [0, 0.1) is 22.7 Å². The molecule has 0 radical (unpaired) electrons. The second-order valence-corrected chi connectivity index (χ2v) is 7.76. The Bertz CT molecular complexity index is 1020. The zero-order valence-corrected chi connectivity index (χ0v) is 16.4. The summed E-state index contributed by atoms with van der Waals surface area (Å²) in [5.74, 6) is -3.52. The molecule has 4 rings (SSSR count). The SMILES string of the molecule is CC(=N)C(C#N)C(=O)COC(=O)[C@@]12CCC(=O)N1c1ccccc1C(=O)N2C1CC1. The summed E-state index contributed by atoms with van der Waals surface area (Å²) in [5.41, 5.74) is -1.07. The van der Waals surface area contributed by atoms with E-state index in [2.05, 4.69) is 0 Å². The molecule has 2 heterocycles. The fourth-order valence-electron chi connectivity index (χ4n) is 4.26. The molecule has 2 aliphatic heterocycles. The lowest BCUT2D eigenvalue weighted by Gasteiger charge is -2.48. The van der Waals surface area contributed by atoms with Crippen molar-refractivity contribution in [3.63, 3.8) is 0 Å². The third-order valence-electron chi connectivity index (χ3n) is 5.77. The number of nitrogens with one attached hydrogen (secondary N) is 1. The molecule has 1 aromatic carbocycles. The Labute approximate surface area is 172 Å². The van der Waals surface area contributed by atoms with E-state index in [4.69, 9.17) is 15.4 Å². The molecule has 1 unspecified atom stereocenters. The topological polar surface area (TPSA) is 132 Å². The number of benzene rings is 1. The van der Waals surface area contributed by atoms with Crippen LogP contribution in [0.1, 0.15) is 43.0 Å². The van der Waals surface area contributed by atoms with Crippen LogP contribution in [0.5, 0.6) is 0 Å². The zero-order valence-electron chi connectivity index (χ0n) is 16.4. The molecule has 9 heteroatoms.